The molecule has 0 fully saturated rings. The second kappa shape index (κ2) is 4.15. The maximum atomic E-state index is 8.61. The number of halogens is 1. The van der Waals surface area contributed by atoms with Crippen molar-refractivity contribution in [1.82, 2.24) is 15.2 Å². The van der Waals surface area contributed by atoms with E-state index >= 15 is 0 Å². The molecular weight excluding hydrogens is 256 g/mol. The fourth-order valence-corrected chi connectivity index (χ4v) is 1.28. The molecule has 0 aliphatic carbocycles. The third-order valence-electron chi connectivity index (χ3n) is 1.79. The summed E-state index contributed by atoms with van der Waals surface area (Å²) in [5.41, 5.74) is 1.92. The molecule has 0 atom stereocenters. The third-order valence-corrected chi connectivity index (χ3v) is 2.21. The first-order valence-electron chi connectivity index (χ1n) is 4.15. The van der Waals surface area contributed by atoms with Gasteiger partial charge in [-0.1, -0.05) is 0 Å². The van der Waals surface area contributed by atoms with Gasteiger partial charge in [0.15, 0.2) is 0 Å². The van der Waals surface area contributed by atoms with Crippen LogP contribution in [0, 0.1) is 11.3 Å². The smallest absolute Gasteiger partial charge is 0.128 e. The Morgan fingerprint density at radius 1 is 1.07 bits per heavy atom. The molecule has 4 nitrogen and oxygen atoms in total. The minimum atomic E-state index is 0.531. The van der Waals surface area contributed by atoms with Crippen molar-refractivity contribution in [2.45, 2.75) is 0 Å². The van der Waals surface area contributed by atoms with Crippen LogP contribution in [-0.2, 0) is 0 Å². The molecule has 0 N–H and O–H groups in total. The Balaban J connectivity index is 2.38. The summed E-state index contributed by atoms with van der Waals surface area (Å²) < 4.78 is 0.680. The van der Waals surface area contributed by atoms with Gasteiger partial charge in [0.2, 0.25) is 0 Å². The number of nitriles is 1. The quantitative estimate of drug-likeness (QED) is 0.789. The van der Waals surface area contributed by atoms with E-state index in [1.165, 1.54) is 6.20 Å². The average molecular weight is 261 g/mol. The zero-order chi connectivity index (χ0) is 10.7. The lowest BCUT2D eigenvalue weighted by atomic mass is 10.2. The van der Waals surface area contributed by atoms with E-state index in [1.807, 2.05) is 12.1 Å². The van der Waals surface area contributed by atoms with Crippen molar-refractivity contribution in [3.05, 3.63) is 40.6 Å². The van der Waals surface area contributed by atoms with Crippen LogP contribution in [0.5, 0.6) is 0 Å². The fraction of sp³-hybridized carbons (Fsp3) is 0. The largest absolute Gasteiger partial charge is 0.253 e. The topological polar surface area (TPSA) is 62.5 Å². The molecule has 0 aliphatic rings. The standard InChI is InChI=1S/C10H5BrN4/c11-10-4-3-9(14-15-10)8-2-1-7(5-12)6-13-8/h1-4,6H. The maximum Gasteiger partial charge on any atom is 0.128 e. The summed E-state index contributed by atoms with van der Waals surface area (Å²) in [6.07, 6.45) is 1.51. The predicted octanol–water partition coefficient (Wildman–Crippen LogP) is 2.17. The molecule has 0 saturated heterocycles. The molecule has 0 radical (unpaired) electrons. The van der Waals surface area contributed by atoms with Gasteiger partial charge in [-0.2, -0.15) is 5.26 Å². The van der Waals surface area contributed by atoms with Gasteiger partial charge in [-0.15, -0.1) is 10.2 Å². The highest BCUT2D eigenvalue weighted by molar-refractivity contribution is 9.10. The molecule has 72 valence electrons. The lowest BCUT2D eigenvalue weighted by Gasteiger charge is -1.98. The Hall–Kier alpha value is -1.80. The van der Waals surface area contributed by atoms with Crippen LogP contribution in [-0.4, -0.2) is 15.2 Å². The van der Waals surface area contributed by atoms with E-state index in [1.54, 1.807) is 18.2 Å². The highest BCUT2D eigenvalue weighted by Gasteiger charge is 2.01. The van der Waals surface area contributed by atoms with Crippen LogP contribution in [0.25, 0.3) is 11.4 Å². The third kappa shape index (κ3) is 2.17. The molecule has 2 rings (SSSR count). The van der Waals surface area contributed by atoms with Crippen LogP contribution in [0.3, 0.4) is 0 Å². The second-order valence-corrected chi connectivity index (χ2v) is 3.60. The number of rotatable bonds is 1. The first-order chi connectivity index (χ1) is 7.29. The van der Waals surface area contributed by atoms with Crippen molar-refractivity contribution < 1.29 is 0 Å². The van der Waals surface area contributed by atoms with Gasteiger partial charge in [-0.05, 0) is 40.2 Å². The Kier molecular flexibility index (Phi) is 2.70. The number of hydrogen-bond acceptors (Lipinski definition) is 4. The predicted molar refractivity (Wildman–Crippen MR) is 57.7 cm³/mol. The van der Waals surface area contributed by atoms with Crippen molar-refractivity contribution >= 4 is 15.9 Å². The van der Waals surface area contributed by atoms with Crippen molar-refractivity contribution in [1.29, 1.82) is 5.26 Å². The van der Waals surface area contributed by atoms with Gasteiger partial charge in [0.25, 0.3) is 0 Å². The van der Waals surface area contributed by atoms with Gasteiger partial charge in [0.05, 0.1) is 11.3 Å². The van der Waals surface area contributed by atoms with E-state index in [0.29, 0.717) is 21.6 Å². The number of nitrogens with zero attached hydrogens (tertiary/aromatic N) is 4. The summed E-state index contributed by atoms with van der Waals surface area (Å²) >= 11 is 3.20. The Morgan fingerprint density at radius 2 is 1.87 bits per heavy atom. The maximum absolute atomic E-state index is 8.61. The minimum absolute atomic E-state index is 0.531. The van der Waals surface area contributed by atoms with Gasteiger partial charge in [-0.3, -0.25) is 4.98 Å². The second-order valence-electron chi connectivity index (χ2n) is 2.79. The zero-order valence-corrected chi connectivity index (χ0v) is 9.14. The monoisotopic (exact) mass is 260 g/mol. The van der Waals surface area contributed by atoms with Crippen molar-refractivity contribution in [3.63, 3.8) is 0 Å². The zero-order valence-electron chi connectivity index (χ0n) is 7.55. The summed E-state index contributed by atoms with van der Waals surface area (Å²) in [7, 11) is 0. The van der Waals surface area contributed by atoms with Gasteiger partial charge < -0.3 is 0 Å². The summed E-state index contributed by atoms with van der Waals surface area (Å²) in [5.74, 6) is 0. The van der Waals surface area contributed by atoms with E-state index < -0.39 is 0 Å². The Labute approximate surface area is 94.7 Å². The molecule has 0 aliphatic heterocycles. The van der Waals surface area contributed by atoms with Crippen LogP contribution < -0.4 is 0 Å². The van der Waals surface area contributed by atoms with E-state index in [9.17, 15) is 0 Å². The van der Waals surface area contributed by atoms with Gasteiger partial charge >= 0.3 is 0 Å². The van der Waals surface area contributed by atoms with Crippen LogP contribution in [0.15, 0.2) is 35.1 Å². The SMILES string of the molecule is N#Cc1ccc(-c2ccc(Br)nn2)nc1. The molecule has 0 aromatic carbocycles. The molecule has 0 spiro atoms. The van der Waals surface area contributed by atoms with E-state index in [4.69, 9.17) is 5.26 Å². The lowest BCUT2D eigenvalue weighted by Crippen LogP contribution is -1.90. The van der Waals surface area contributed by atoms with Crippen LogP contribution in [0.1, 0.15) is 5.56 Å². The molecule has 2 heterocycles. The van der Waals surface area contributed by atoms with Crippen LogP contribution >= 0.6 is 15.9 Å². The first kappa shape index (κ1) is 9.74. The Bertz CT molecular complexity index is 498. The molecular formula is C10H5BrN4. The van der Waals surface area contributed by atoms with E-state index in [-0.39, 0.29) is 0 Å². The molecule has 15 heavy (non-hydrogen) atoms. The van der Waals surface area contributed by atoms with Gasteiger partial charge in [0.1, 0.15) is 16.4 Å². The highest BCUT2D eigenvalue weighted by atomic mass is 79.9. The molecule has 5 heteroatoms. The molecule has 2 aromatic heterocycles. The molecule has 2 aromatic rings. The summed E-state index contributed by atoms with van der Waals surface area (Å²) in [4.78, 5) is 4.11. The lowest BCUT2D eigenvalue weighted by molar-refractivity contribution is 1.00. The molecule has 0 bridgehead atoms. The van der Waals surface area contributed by atoms with Crippen molar-refractivity contribution in [2.75, 3.05) is 0 Å². The number of hydrogen-bond donors (Lipinski definition) is 0. The minimum Gasteiger partial charge on any atom is -0.253 e. The van der Waals surface area contributed by atoms with E-state index in [2.05, 4.69) is 31.1 Å². The molecule has 0 amide bonds. The van der Waals surface area contributed by atoms with Gasteiger partial charge in [-0.25, -0.2) is 0 Å². The molecule has 0 saturated carbocycles. The van der Waals surface area contributed by atoms with E-state index in [0.717, 1.165) is 0 Å². The fourth-order valence-electron chi connectivity index (χ4n) is 1.06. The van der Waals surface area contributed by atoms with Crippen molar-refractivity contribution in [3.8, 4) is 17.5 Å². The first-order valence-corrected chi connectivity index (χ1v) is 4.94. The summed E-state index contributed by atoms with van der Waals surface area (Å²) in [6, 6.07) is 9.06. The normalized spacial score (nSPS) is 9.60. The number of aromatic nitrogens is 3. The average Bonchev–Trinajstić information content (AvgIpc) is 2.30. The van der Waals surface area contributed by atoms with Crippen LogP contribution in [0.4, 0.5) is 0 Å². The Morgan fingerprint density at radius 3 is 2.40 bits per heavy atom. The van der Waals surface area contributed by atoms with Gasteiger partial charge in [0, 0.05) is 6.20 Å². The highest BCUT2D eigenvalue weighted by Crippen LogP contribution is 2.14. The van der Waals surface area contributed by atoms with Crippen molar-refractivity contribution in [2.24, 2.45) is 0 Å². The summed E-state index contributed by atoms with van der Waals surface area (Å²) in [5, 5.41) is 16.4. The summed E-state index contributed by atoms with van der Waals surface area (Å²) in [6.45, 7) is 0. The number of pyridine rings is 1. The molecule has 0 unspecified atom stereocenters. The van der Waals surface area contributed by atoms with Crippen LogP contribution in [0.2, 0.25) is 0 Å².